The number of hydrogen-bond donors (Lipinski definition) is 1. The summed E-state index contributed by atoms with van der Waals surface area (Å²) in [6.07, 6.45) is 0. The first-order chi connectivity index (χ1) is 7.61. The van der Waals surface area contributed by atoms with Crippen molar-refractivity contribution in [1.29, 1.82) is 0 Å². The molecule has 0 radical (unpaired) electrons. The van der Waals surface area contributed by atoms with Crippen LogP contribution in [0.25, 0.3) is 0 Å². The van der Waals surface area contributed by atoms with E-state index in [1.807, 2.05) is 31.2 Å². The van der Waals surface area contributed by atoms with E-state index in [1.54, 1.807) is 6.92 Å². The van der Waals surface area contributed by atoms with E-state index in [1.165, 1.54) is 17.3 Å². The molecule has 0 saturated heterocycles. The van der Waals surface area contributed by atoms with Crippen molar-refractivity contribution >= 4 is 34.1 Å². The Balaban J connectivity index is 2.67. The highest BCUT2D eigenvalue weighted by Gasteiger charge is 1.99. The van der Waals surface area contributed by atoms with Gasteiger partial charge in [0.1, 0.15) is 0 Å². The van der Waals surface area contributed by atoms with Gasteiger partial charge in [0.15, 0.2) is 10.2 Å². The molecule has 0 aliphatic rings. The third kappa shape index (κ3) is 4.47. The summed E-state index contributed by atoms with van der Waals surface area (Å²) in [6.45, 7) is 3.75. The number of nitrogens with zero attached hydrogens (tertiary/aromatic N) is 1. The van der Waals surface area contributed by atoms with Crippen LogP contribution in [0.5, 0.6) is 0 Å². The van der Waals surface area contributed by atoms with E-state index >= 15 is 0 Å². The molecule has 2 nitrogen and oxygen atoms in total. The molecule has 2 N–H and O–H groups in total. The fourth-order valence-corrected chi connectivity index (χ4v) is 1.99. The van der Waals surface area contributed by atoms with E-state index in [-0.39, 0.29) is 5.84 Å². The number of aliphatic imine (C=N–C) groups is 1. The average Bonchev–Trinajstić information content (AvgIpc) is 2.21. The van der Waals surface area contributed by atoms with Crippen molar-refractivity contribution < 1.29 is 0 Å². The number of thioether (sulfide) groups is 1. The van der Waals surface area contributed by atoms with Crippen LogP contribution in [0, 0.1) is 18.8 Å². The van der Waals surface area contributed by atoms with E-state index in [4.69, 9.17) is 18.0 Å². The molecule has 0 amide bonds. The first kappa shape index (κ1) is 12.8. The number of benzene rings is 1. The zero-order valence-corrected chi connectivity index (χ0v) is 10.8. The van der Waals surface area contributed by atoms with Gasteiger partial charge in [-0.05, 0) is 44.1 Å². The molecule has 16 heavy (non-hydrogen) atoms. The Morgan fingerprint density at radius 1 is 1.38 bits per heavy atom. The molecule has 82 valence electrons. The minimum Gasteiger partial charge on any atom is -0.376 e. The molecule has 0 spiro atoms. The van der Waals surface area contributed by atoms with Crippen LogP contribution in [-0.4, -0.2) is 10.2 Å². The average molecular weight is 248 g/mol. The van der Waals surface area contributed by atoms with Crippen molar-refractivity contribution in [3.05, 3.63) is 29.8 Å². The number of aryl methyl sites for hydroxylation is 1. The van der Waals surface area contributed by atoms with Gasteiger partial charge >= 0.3 is 0 Å². The van der Waals surface area contributed by atoms with Crippen LogP contribution in [0.4, 0.5) is 0 Å². The van der Waals surface area contributed by atoms with Crippen molar-refractivity contribution in [2.75, 3.05) is 0 Å². The Kier molecular flexibility index (Phi) is 5.03. The lowest BCUT2D eigenvalue weighted by molar-refractivity contribution is 1.38. The lowest BCUT2D eigenvalue weighted by Gasteiger charge is -1.99. The second-order valence-electron chi connectivity index (χ2n) is 3.05. The van der Waals surface area contributed by atoms with Crippen molar-refractivity contribution in [1.82, 2.24) is 0 Å². The molecule has 0 atom stereocenters. The second-order valence-corrected chi connectivity index (χ2v) is 4.76. The quantitative estimate of drug-likeness (QED) is 0.273. The summed E-state index contributed by atoms with van der Waals surface area (Å²) >= 11 is 6.49. The summed E-state index contributed by atoms with van der Waals surface area (Å²) in [5, 5.41) is 0. The van der Waals surface area contributed by atoms with Crippen molar-refractivity contribution in [2.45, 2.75) is 18.7 Å². The molecule has 1 rings (SSSR count). The molecule has 0 heterocycles. The topological polar surface area (TPSA) is 38.4 Å². The number of hydrogen-bond acceptors (Lipinski definition) is 2. The van der Waals surface area contributed by atoms with Gasteiger partial charge in [-0.25, -0.2) is 4.99 Å². The molecule has 0 fully saturated rings. The highest BCUT2D eigenvalue weighted by molar-refractivity contribution is 8.23. The van der Waals surface area contributed by atoms with Crippen LogP contribution < -0.4 is 5.73 Å². The second kappa shape index (κ2) is 6.31. The Hall–Kier alpha value is -1.31. The molecule has 1 aromatic rings. The van der Waals surface area contributed by atoms with Crippen LogP contribution in [0.1, 0.15) is 12.5 Å². The molecule has 0 bridgehead atoms. The van der Waals surface area contributed by atoms with Crippen LogP contribution in [0.3, 0.4) is 0 Å². The van der Waals surface area contributed by atoms with E-state index in [0.717, 1.165) is 4.90 Å². The van der Waals surface area contributed by atoms with E-state index in [2.05, 4.69) is 16.8 Å². The summed E-state index contributed by atoms with van der Waals surface area (Å²) in [5.74, 6) is 5.57. The van der Waals surface area contributed by atoms with Crippen LogP contribution in [0.15, 0.2) is 34.2 Å². The van der Waals surface area contributed by atoms with E-state index in [0.29, 0.717) is 4.32 Å². The van der Waals surface area contributed by atoms with Gasteiger partial charge in [-0.15, -0.1) is 0 Å². The number of thiocarbonyl (C=S) groups is 1. The van der Waals surface area contributed by atoms with Gasteiger partial charge in [-0.1, -0.05) is 35.4 Å². The summed E-state index contributed by atoms with van der Waals surface area (Å²) in [5.41, 5.74) is 6.76. The van der Waals surface area contributed by atoms with Crippen LogP contribution >= 0.6 is 24.0 Å². The Labute approximate surface area is 105 Å². The lowest BCUT2D eigenvalue weighted by Crippen LogP contribution is -2.09. The fraction of sp³-hybridized carbons (Fsp3) is 0.167. The fourth-order valence-electron chi connectivity index (χ4n) is 0.984. The monoisotopic (exact) mass is 248 g/mol. The molecule has 0 aromatic heterocycles. The maximum atomic E-state index is 5.54. The Morgan fingerprint density at radius 2 is 2.00 bits per heavy atom. The zero-order chi connectivity index (χ0) is 12.0. The predicted molar refractivity (Wildman–Crippen MR) is 74.7 cm³/mol. The van der Waals surface area contributed by atoms with Crippen molar-refractivity contribution in [3.63, 3.8) is 0 Å². The van der Waals surface area contributed by atoms with Crippen LogP contribution in [0.2, 0.25) is 0 Å². The summed E-state index contributed by atoms with van der Waals surface area (Å²) in [4.78, 5) is 5.05. The highest BCUT2D eigenvalue weighted by atomic mass is 32.2. The molecule has 0 aliphatic carbocycles. The Morgan fingerprint density at radius 3 is 2.56 bits per heavy atom. The van der Waals surface area contributed by atoms with Crippen LogP contribution in [-0.2, 0) is 0 Å². The van der Waals surface area contributed by atoms with Crippen molar-refractivity contribution in [3.8, 4) is 11.8 Å². The molecular weight excluding hydrogens is 236 g/mol. The third-order valence-corrected chi connectivity index (χ3v) is 2.81. The van der Waals surface area contributed by atoms with Crippen molar-refractivity contribution in [2.24, 2.45) is 10.7 Å². The zero-order valence-electron chi connectivity index (χ0n) is 9.15. The predicted octanol–water partition coefficient (Wildman–Crippen LogP) is 2.75. The third-order valence-electron chi connectivity index (χ3n) is 1.69. The lowest BCUT2D eigenvalue weighted by atomic mass is 10.2. The van der Waals surface area contributed by atoms with E-state index < -0.39 is 0 Å². The summed E-state index contributed by atoms with van der Waals surface area (Å²) < 4.78 is 0.476. The van der Waals surface area contributed by atoms with Gasteiger partial charge in [0.2, 0.25) is 0 Å². The normalized spacial score (nSPS) is 10.5. The van der Waals surface area contributed by atoms with Gasteiger partial charge in [-0.3, -0.25) is 0 Å². The molecule has 0 unspecified atom stereocenters. The molecule has 1 aromatic carbocycles. The van der Waals surface area contributed by atoms with Gasteiger partial charge in [-0.2, -0.15) is 0 Å². The summed E-state index contributed by atoms with van der Waals surface area (Å²) in [7, 11) is 0. The van der Waals surface area contributed by atoms with Gasteiger partial charge in [0, 0.05) is 4.90 Å². The minimum absolute atomic E-state index is 0.257. The first-order valence-corrected chi connectivity index (χ1v) is 5.89. The number of amidine groups is 1. The maximum absolute atomic E-state index is 5.54. The standard InChI is InChI=1S/C12H12N2S2/c1-3-4-11(13)14-12(15)16-10-7-5-9(2)6-8-10/h5-8H,1-2H3,(H2,13,14,15). The highest BCUT2D eigenvalue weighted by Crippen LogP contribution is 2.20. The first-order valence-electron chi connectivity index (χ1n) is 4.67. The van der Waals surface area contributed by atoms with Gasteiger partial charge in [0.05, 0.1) is 0 Å². The maximum Gasteiger partial charge on any atom is 0.177 e. The van der Waals surface area contributed by atoms with Gasteiger partial charge in [0.25, 0.3) is 0 Å². The minimum atomic E-state index is 0.257. The molecule has 0 saturated carbocycles. The molecule has 4 heteroatoms. The summed E-state index contributed by atoms with van der Waals surface area (Å²) in [6, 6.07) is 8.07. The van der Waals surface area contributed by atoms with E-state index in [9.17, 15) is 0 Å². The SMILES string of the molecule is CC#CC(N)=NC(=S)Sc1ccc(C)cc1. The Bertz CT molecular complexity index is 464. The molecular formula is C12H12N2S2. The van der Waals surface area contributed by atoms with Gasteiger partial charge < -0.3 is 5.73 Å². The molecule has 0 aliphatic heterocycles. The number of rotatable bonds is 1. The number of nitrogens with two attached hydrogens (primary N) is 1. The smallest absolute Gasteiger partial charge is 0.177 e. The largest absolute Gasteiger partial charge is 0.376 e.